The lowest BCUT2D eigenvalue weighted by Gasteiger charge is -2.09. The number of halogens is 1. The Morgan fingerprint density at radius 2 is 2.21 bits per heavy atom. The molecule has 0 fully saturated rings. The number of benzene rings is 1. The van der Waals surface area contributed by atoms with Crippen LogP contribution in [0.25, 0.3) is 11.4 Å². The van der Waals surface area contributed by atoms with Gasteiger partial charge >= 0.3 is 0 Å². The van der Waals surface area contributed by atoms with Crippen LogP contribution in [0.5, 0.6) is 5.75 Å². The zero-order valence-electron chi connectivity index (χ0n) is 10.4. The Balaban J connectivity index is 0.00000133. The quantitative estimate of drug-likeness (QED) is 0.936. The molecule has 102 valence electrons. The van der Waals surface area contributed by atoms with Gasteiger partial charge in [-0.15, -0.1) is 22.6 Å². The first-order chi connectivity index (χ1) is 8.83. The molecule has 0 spiro atoms. The molecule has 2 aromatic rings. The van der Waals surface area contributed by atoms with Crippen molar-refractivity contribution in [2.24, 2.45) is 5.73 Å². The lowest BCUT2D eigenvalue weighted by molar-refractivity contribution is 0.416. The summed E-state index contributed by atoms with van der Waals surface area (Å²) < 4.78 is 7.48. The van der Waals surface area contributed by atoms with Gasteiger partial charge in [-0.25, -0.2) is 0 Å². The third-order valence-electron chi connectivity index (χ3n) is 2.99. The van der Waals surface area contributed by atoms with E-state index < -0.39 is 0 Å². The van der Waals surface area contributed by atoms with Gasteiger partial charge < -0.3 is 15.0 Å². The van der Waals surface area contributed by atoms with Crippen LogP contribution in [0.4, 0.5) is 0 Å². The number of methoxy groups -OCH3 is 1. The number of nitrogens with zero attached hydrogens (tertiary/aromatic N) is 3. The lowest BCUT2D eigenvalue weighted by Crippen LogP contribution is -2.18. The number of nitrogens with two attached hydrogens (primary N) is 1. The van der Waals surface area contributed by atoms with Crippen molar-refractivity contribution < 1.29 is 4.74 Å². The maximum Gasteiger partial charge on any atom is 0.191 e. The van der Waals surface area contributed by atoms with E-state index in [0.717, 1.165) is 28.8 Å². The average molecular weight is 299 g/mol. The van der Waals surface area contributed by atoms with Crippen molar-refractivity contribution in [2.45, 2.75) is 17.0 Å². The van der Waals surface area contributed by atoms with Crippen LogP contribution in [0.2, 0.25) is 0 Å². The largest absolute Gasteiger partial charge is 0.496 e. The zero-order chi connectivity index (χ0) is 12.5. The summed E-state index contributed by atoms with van der Waals surface area (Å²) in [6.45, 7) is 1.51. The molecule has 0 saturated heterocycles. The predicted octanol–water partition coefficient (Wildman–Crippen LogP) is 1.81. The Bertz CT molecular complexity index is 575. The second-order valence-electron chi connectivity index (χ2n) is 4.09. The first-order valence-electron chi connectivity index (χ1n) is 5.76. The molecule has 3 rings (SSSR count). The van der Waals surface area contributed by atoms with Crippen LogP contribution in [0.3, 0.4) is 0 Å². The topological polar surface area (TPSA) is 66.0 Å². The number of hydrogen-bond acceptors (Lipinski definition) is 5. The number of fused-ring (bicyclic) bond motifs is 1. The summed E-state index contributed by atoms with van der Waals surface area (Å²) >= 11 is 1.69. The molecule has 1 aliphatic heterocycles. The van der Waals surface area contributed by atoms with Crippen LogP contribution >= 0.6 is 24.2 Å². The maximum absolute atomic E-state index is 5.71. The first kappa shape index (κ1) is 14.2. The van der Waals surface area contributed by atoms with Crippen LogP contribution in [-0.4, -0.2) is 33.7 Å². The van der Waals surface area contributed by atoms with Gasteiger partial charge in [0.25, 0.3) is 0 Å². The van der Waals surface area contributed by atoms with E-state index in [1.165, 1.54) is 0 Å². The van der Waals surface area contributed by atoms with Crippen LogP contribution < -0.4 is 10.5 Å². The fraction of sp³-hybridized carbons (Fsp3) is 0.333. The van der Waals surface area contributed by atoms with Gasteiger partial charge in [-0.1, -0.05) is 23.9 Å². The molecule has 1 aromatic carbocycles. The first-order valence-corrected chi connectivity index (χ1v) is 6.64. The zero-order valence-corrected chi connectivity index (χ0v) is 12.1. The fourth-order valence-corrected chi connectivity index (χ4v) is 3.08. The molecule has 7 heteroatoms. The fourth-order valence-electron chi connectivity index (χ4n) is 2.08. The van der Waals surface area contributed by atoms with Gasteiger partial charge in [-0.05, 0) is 12.1 Å². The molecular weight excluding hydrogens is 284 g/mol. The smallest absolute Gasteiger partial charge is 0.191 e. The minimum atomic E-state index is 0. The van der Waals surface area contributed by atoms with Gasteiger partial charge in [-0.3, -0.25) is 0 Å². The summed E-state index contributed by atoms with van der Waals surface area (Å²) in [5, 5.41) is 9.80. The van der Waals surface area contributed by atoms with Crippen molar-refractivity contribution in [1.29, 1.82) is 0 Å². The minimum absolute atomic E-state index is 0. The summed E-state index contributed by atoms with van der Waals surface area (Å²) in [6, 6.07) is 7.85. The van der Waals surface area contributed by atoms with E-state index >= 15 is 0 Å². The number of ether oxygens (including phenoxy) is 1. The number of aromatic nitrogens is 3. The Hall–Kier alpha value is -1.24. The van der Waals surface area contributed by atoms with E-state index in [1.807, 2.05) is 24.3 Å². The third kappa shape index (κ3) is 2.43. The summed E-state index contributed by atoms with van der Waals surface area (Å²) in [7, 11) is 1.66. The van der Waals surface area contributed by atoms with Crippen molar-refractivity contribution in [3.8, 4) is 17.1 Å². The molecule has 2 heterocycles. The monoisotopic (exact) mass is 298 g/mol. The number of hydrogen-bond donors (Lipinski definition) is 1. The Morgan fingerprint density at radius 1 is 1.42 bits per heavy atom. The van der Waals surface area contributed by atoms with Crippen LogP contribution in [-0.2, 0) is 6.54 Å². The summed E-state index contributed by atoms with van der Waals surface area (Å²) in [5.74, 6) is 1.67. The second-order valence-corrected chi connectivity index (χ2v) is 5.36. The van der Waals surface area contributed by atoms with Crippen molar-refractivity contribution in [2.75, 3.05) is 13.7 Å². The number of para-hydroxylation sites is 1. The van der Waals surface area contributed by atoms with E-state index in [2.05, 4.69) is 14.8 Å². The Morgan fingerprint density at radius 3 is 2.95 bits per heavy atom. The van der Waals surface area contributed by atoms with Crippen molar-refractivity contribution in [1.82, 2.24) is 14.8 Å². The highest BCUT2D eigenvalue weighted by molar-refractivity contribution is 8.00. The predicted molar refractivity (Wildman–Crippen MR) is 78.0 cm³/mol. The van der Waals surface area contributed by atoms with E-state index in [4.69, 9.17) is 10.5 Å². The van der Waals surface area contributed by atoms with E-state index in [-0.39, 0.29) is 12.4 Å². The second kappa shape index (κ2) is 5.81. The summed E-state index contributed by atoms with van der Waals surface area (Å²) in [4.78, 5) is 0. The molecule has 1 unspecified atom stereocenters. The molecule has 0 radical (unpaired) electrons. The minimum Gasteiger partial charge on any atom is -0.496 e. The van der Waals surface area contributed by atoms with Crippen molar-refractivity contribution >= 4 is 24.2 Å². The highest BCUT2D eigenvalue weighted by atomic mass is 35.5. The normalized spacial score (nSPS) is 16.8. The van der Waals surface area contributed by atoms with Crippen molar-refractivity contribution in [3.63, 3.8) is 0 Å². The molecule has 1 aliphatic rings. The van der Waals surface area contributed by atoms with Crippen LogP contribution in [0, 0.1) is 0 Å². The number of thioether (sulfide) groups is 1. The highest BCUT2D eigenvalue weighted by Gasteiger charge is 2.27. The Labute approximate surface area is 121 Å². The van der Waals surface area contributed by atoms with Gasteiger partial charge in [0.1, 0.15) is 5.75 Å². The molecule has 5 nitrogen and oxygen atoms in total. The lowest BCUT2D eigenvalue weighted by atomic mass is 10.2. The summed E-state index contributed by atoms with van der Waals surface area (Å²) in [5.41, 5.74) is 6.68. The van der Waals surface area contributed by atoms with Gasteiger partial charge in [0.2, 0.25) is 0 Å². The average Bonchev–Trinajstić information content (AvgIpc) is 2.98. The van der Waals surface area contributed by atoms with Gasteiger partial charge in [0.15, 0.2) is 11.0 Å². The van der Waals surface area contributed by atoms with Crippen molar-refractivity contribution in [3.05, 3.63) is 24.3 Å². The molecule has 19 heavy (non-hydrogen) atoms. The standard InChI is InChI=1S/C12H14N4OS.ClH/c1-17-10-5-3-2-4-9(10)11-14-15-12-16(11)7-8(6-13)18-12;/h2-5,8H,6-7,13H2,1H3;1H. The van der Waals surface area contributed by atoms with E-state index in [0.29, 0.717) is 11.8 Å². The molecule has 0 saturated carbocycles. The molecular formula is C12H15ClN4OS. The van der Waals surface area contributed by atoms with Crippen LogP contribution in [0.1, 0.15) is 0 Å². The molecule has 2 N–H and O–H groups in total. The highest BCUT2D eigenvalue weighted by Crippen LogP contribution is 2.36. The molecule has 1 atom stereocenters. The summed E-state index contributed by atoms with van der Waals surface area (Å²) in [6.07, 6.45) is 0. The van der Waals surface area contributed by atoms with Gasteiger partial charge in [0, 0.05) is 18.3 Å². The third-order valence-corrected chi connectivity index (χ3v) is 4.17. The molecule has 0 aliphatic carbocycles. The van der Waals surface area contributed by atoms with E-state index in [1.54, 1.807) is 18.9 Å². The maximum atomic E-state index is 5.71. The van der Waals surface area contributed by atoms with E-state index in [9.17, 15) is 0 Å². The Kier molecular flexibility index (Phi) is 4.34. The van der Waals surface area contributed by atoms with Crippen LogP contribution in [0.15, 0.2) is 29.4 Å². The SMILES string of the molecule is COc1ccccc1-c1nnc2n1CC(CN)S2.Cl. The van der Waals surface area contributed by atoms with Gasteiger partial charge in [-0.2, -0.15) is 0 Å². The molecule has 0 amide bonds. The number of rotatable bonds is 3. The molecule has 0 bridgehead atoms. The van der Waals surface area contributed by atoms with Gasteiger partial charge in [0.05, 0.1) is 12.7 Å². The molecule has 1 aromatic heterocycles.